The number of aromatic nitrogens is 2. The molecule has 17 heavy (non-hydrogen) atoms. The van der Waals surface area contributed by atoms with Crippen LogP contribution in [0, 0.1) is 12.8 Å². The maximum Gasteiger partial charge on any atom is 0.156 e. The molecule has 1 heterocycles. The molecule has 1 saturated carbocycles. The van der Waals surface area contributed by atoms with Crippen LogP contribution < -0.4 is 4.90 Å². The summed E-state index contributed by atoms with van der Waals surface area (Å²) in [6.45, 7) is 3.55. The number of methoxy groups -OCH3 is 1. The second-order valence-electron chi connectivity index (χ2n) is 4.87. The quantitative estimate of drug-likeness (QED) is 0.757. The average Bonchev–Trinajstić information content (AvgIpc) is 3.09. The molecular weight excluding hydrogens is 214 g/mol. The summed E-state index contributed by atoms with van der Waals surface area (Å²) in [7, 11) is 3.77. The molecule has 0 N–H and O–H groups in total. The lowest BCUT2D eigenvalue weighted by Gasteiger charge is -2.19. The van der Waals surface area contributed by atoms with Gasteiger partial charge in [0.1, 0.15) is 12.4 Å². The molecule has 94 valence electrons. The van der Waals surface area contributed by atoms with Gasteiger partial charge in [-0.1, -0.05) is 12.8 Å². The van der Waals surface area contributed by atoms with Crippen molar-refractivity contribution in [3.63, 3.8) is 0 Å². The molecule has 0 aliphatic heterocycles. The molecule has 1 aromatic heterocycles. The Morgan fingerprint density at radius 3 is 2.82 bits per heavy atom. The van der Waals surface area contributed by atoms with E-state index in [1.54, 1.807) is 7.11 Å². The fourth-order valence-corrected chi connectivity index (χ4v) is 1.90. The van der Waals surface area contributed by atoms with Gasteiger partial charge >= 0.3 is 0 Å². The highest BCUT2D eigenvalue weighted by Gasteiger charge is 2.21. The van der Waals surface area contributed by atoms with Crippen molar-refractivity contribution in [3.8, 4) is 0 Å². The molecule has 1 aliphatic carbocycles. The predicted molar refractivity (Wildman–Crippen MR) is 68.1 cm³/mol. The van der Waals surface area contributed by atoms with Crippen molar-refractivity contribution in [3.05, 3.63) is 17.6 Å². The molecule has 2 rings (SSSR count). The van der Waals surface area contributed by atoms with Crippen molar-refractivity contribution in [1.82, 2.24) is 9.97 Å². The van der Waals surface area contributed by atoms with E-state index in [0.717, 1.165) is 29.8 Å². The fraction of sp³-hybridized carbons (Fsp3) is 0.692. The second-order valence-corrected chi connectivity index (χ2v) is 4.87. The Morgan fingerprint density at radius 1 is 1.41 bits per heavy atom. The molecule has 0 spiro atoms. The lowest BCUT2D eigenvalue weighted by molar-refractivity contribution is 0.177. The number of ether oxygens (including phenoxy) is 1. The van der Waals surface area contributed by atoms with Crippen LogP contribution in [0.5, 0.6) is 0 Å². The smallest absolute Gasteiger partial charge is 0.156 e. The van der Waals surface area contributed by atoms with Crippen LogP contribution in [-0.4, -0.2) is 30.7 Å². The monoisotopic (exact) mass is 235 g/mol. The number of anilines is 1. The number of nitrogens with zero attached hydrogens (tertiary/aromatic N) is 3. The first-order chi connectivity index (χ1) is 8.19. The van der Waals surface area contributed by atoms with Gasteiger partial charge in [-0.2, -0.15) is 0 Å². The van der Waals surface area contributed by atoms with Crippen molar-refractivity contribution in [2.45, 2.75) is 32.8 Å². The van der Waals surface area contributed by atoms with Gasteiger partial charge in [-0.25, -0.2) is 9.97 Å². The summed E-state index contributed by atoms with van der Waals surface area (Å²) in [5, 5.41) is 0. The Kier molecular flexibility index (Phi) is 3.94. The van der Waals surface area contributed by atoms with Gasteiger partial charge in [0, 0.05) is 32.5 Å². The van der Waals surface area contributed by atoms with E-state index in [2.05, 4.69) is 21.9 Å². The standard InChI is InChI=1S/C13H21N3O/c1-10-8-13(15-12(14-10)9-17-3)16(2)7-6-11-4-5-11/h8,11H,4-7,9H2,1-3H3. The molecule has 4 nitrogen and oxygen atoms in total. The van der Waals surface area contributed by atoms with E-state index in [9.17, 15) is 0 Å². The number of aryl methyl sites for hydroxylation is 1. The van der Waals surface area contributed by atoms with E-state index < -0.39 is 0 Å². The van der Waals surface area contributed by atoms with Gasteiger partial charge in [-0.3, -0.25) is 0 Å². The van der Waals surface area contributed by atoms with Crippen molar-refractivity contribution in [2.24, 2.45) is 5.92 Å². The summed E-state index contributed by atoms with van der Waals surface area (Å²) in [6, 6.07) is 2.03. The number of rotatable bonds is 6. The van der Waals surface area contributed by atoms with Crippen LogP contribution in [0.4, 0.5) is 5.82 Å². The third-order valence-corrected chi connectivity index (χ3v) is 3.12. The first-order valence-corrected chi connectivity index (χ1v) is 6.23. The van der Waals surface area contributed by atoms with Gasteiger partial charge in [0.05, 0.1) is 0 Å². The predicted octanol–water partition coefficient (Wildman–Crippen LogP) is 2.17. The van der Waals surface area contributed by atoms with Gasteiger partial charge in [-0.15, -0.1) is 0 Å². The fourth-order valence-electron chi connectivity index (χ4n) is 1.90. The highest BCUT2D eigenvalue weighted by molar-refractivity contribution is 5.38. The van der Waals surface area contributed by atoms with E-state index in [4.69, 9.17) is 4.74 Å². The van der Waals surface area contributed by atoms with Crippen LogP contribution >= 0.6 is 0 Å². The molecule has 1 aromatic rings. The summed E-state index contributed by atoms with van der Waals surface area (Å²) in [4.78, 5) is 11.1. The molecule has 4 heteroatoms. The Bertz CT molecular complexity index is 377. The molecule has 1 fully saturated rings. The Morgan fingerprint density at radius 2 is 2.18 bits per heavy atom. The van der Waals surface area contributed by atoms with Crippen molar-refractivity contribution in [2.75, 3.05) is 25.6 Å². The topological polar surface area (TPSA) is 38.2 Å². The summed E-state index contributed by atoms with van der Waals surface area (Å²) >= 11 is 0. The van der Waals surface area contributed by atoms with Crippen LogP contribution in [0.1, 0.15) is 30.8 Å². The van der Waals surface area contributed by atoms with Crippen molar-refractivity contribution < 1.29 is 4.74 Å². The summed E-state index contributed by atoms with van der Waals surface area (Å²) in [5.74, 6) is 2.73. The van der Waals surface area contributed by atoms with Crippen LogP contribution in [0.2, 0.25) is 0 Å². The highest BCUT2D eigenvalue weighted by atomic mass is 16.5. The zero-order chi connectivity index (χ0) is 12.3. The number of hydrogen-bond acceptors (Lipinski definition) is 4. The first-order valence-electron chi connectivity index (χ1n) is 6.23. The average molecular weight is 235 g/mol. The van der Waals surface area contributed by atoms with E-state index in [0.29, 0.717) is 6.61 Å². The molecular formula is C13H21N3O. The SMILES string of the molecule is COCc1nc(C)cc(N(C)CCC2CC2)n1. The normalized spacial score (nSPS) is 15.0. The Hall–Kier alpha value is -1.16. The van der Waals surface area contributed by atoms with E-state index in [1.807, 2.05) is 13.0 Å². The summed E-state index contributed by atoms with van der Waals surface area (Å²) < 4.78 is 5.08. The molecule has 0 aromatic carbocycles. The minimum absolute atomic E-state index is 0.477. The largest absolute Gasteiger partial charge is 0.377 e. The third kappa shape index (κ3) is 3.66. The lowest BCUT2D eigenvalue weighted by Crippen LogP contribution is -2.21. The maximum absolute atomic E-state index is 5.08. The highest BCUT2D eigenvalue weighted by Crippen LogP contribution is 2.32. The molecule has 0 bridgehead atoms. The van der Waals surface area contributed by atoms with E-state index >= 15 is 0 Å². The number of hydrogen-bond donors (Lipinski definition) is 0. The molecule has 0 atom stereocenters. The molecule has 0 saturated heterocycles. The Balaban J connectivity index is 2.01. The summed E-state index contributed by atoms with van der Waals surface area (Å²) in [5.41, 5.74) is 1.00. The van der Waals surface area contributed by atoms with Gasteiger partial charge in [0.15, 0.2) is 5.82 Å². The van der Waals surface area contributed by atoms with Crippen LogP contribution in [0.15, 0.2) is 6.07 Å². The minimum Gasteiger partial charge on any atom is -0.377 e. The van der Waals surface area contributed by atoms with Gasteiger partial charge in [0.25, 0.3) is 0 Å². The van der Waals surface area contributed by atoms with Gasteiger partial charge in [0.2, 0.25) is 0 Å². The van der Waals surface area contributed by atoms with Crippen molar-refractivity contribution in [1.29, 1.82) is 0 Å². The van der Waals surface area contributed by atoms with Crippen LogP contribution in [0.3, 0.4) is 0 Å². The molecule has 0 amide bonds. The maximum atomic E-state index is 5.08. The van der Waals surface area contributed by atoms with E-state index in [1.165, 1.54) is 19.3 Å². The second kappa shape index (κ2) is 5.45. The van der Waals surface area contributed by atoms with Gasteiger partial charge < -0.3 is 9.64 Å². The first kappa shape index (κ1) is 12.3. The van der Waals surface area contributed by atoms with E-state index in [-0.39, 0.29) is 0 Å². The zero-order valence-electron chi connectivity index (χ0n) is 10.9. The van der Waals surface area contributed by atoms with Crippen LogP contribution in [0.25, 0.3) is 0 Å². The third-order valence-electron chi connectivity index (χ3n) is 3.12. The summed E-state index contributed by atoms with van der Waals surface area (Å²) in [6.07, 6.45) is 4.09. The van der Waals surface area contributed by atoms with Crippen LogP contribution in [-0.2, 0) is 11.3 Å². The molecule has 0 unspecified atom stereocenters. The molecule has 1 aliphatic rings. The Labute approximate surface area is 103 Å². The zero-order valence-corrected chi connectivity index (χ0v) is 10.9. The minimum atomic E-state index is 0.477. The van der Waals surface area contributed by atoms with Crippen molar-refractivity contribution >= 4 is 5.82 Å². The molecule has 0 radical (unpaired) electrons. The van der Waals surface area contributed by atoms with Gasteiger partial charge in [-0.05, 0) is 19.3 Å². The lowest BCUT2D eigenvalue weighted by atomic mass is 10.3.